The molecule has 2 fully saturated rings. The monoisotopic (exact) mass is 464 g/mol. The van der Waals surface area contributed by atoms with E-state index in [0.29, 0.717) is 11.6 Å². The van der Waals surface area contributed by atoms with Gasteiger partial charge in [-0.1, -0.05) is 24.8 Å². The normalized spacial score (nSPS) is 27.4. The zero-order chi connectivity index (χ0) is 16.6. The maximum atomic E-state index is 12.0. The summed E-state index contributed by atoms with van der Waals surface area (Å²) in [4.78, 5) is 18.1. The summed E-state index contributed by atoms with van der Waals surface area (Å²) in [6.07, 6.45) is 1.17. The van der Waals surface area contributed by atoms with Crippen LogP contribution in [0.1, 0.15) is 19.8 Å². The molecule has 1 amide bonds. The maximum absolute atomic E-state index is 12.0. The number of sulfone groups is 1. The van der Waals surface area contributed by atoms with Crippen LogP contribution in [0.3, 0.4) is 0 Å². The first-order chi connectivity index (χ1) is 10.9. The molecule has 0 aromatic heterocycles. The van der Waals surface area contributed by atoms with E-state index < -0.39 is 9.84 Å². The van der Waals surface area contributed by atoms with E-state index in [-0.39, 0.29) is 28.7 Å². The fourth-order valence-electron chi connectivity index (χ4n) is 2.87. The van der Waals surface area contributed by atoms with Gasteiger partial charge in [-0.25, -0.2) is 8.42 Å². The van der Waals surface area contributed by atoms with E-state index in [1.807, 2.05) is 36.1 Å². The molecule has 0 unspecified atom stereocenters. The number of fused-ring (bicyclic) bond motifs is 1. The molecule has 2 saturated heterocycles. The minimum Gasteiger partial charge on any atom is -0.316 e. The molecule has 1 aromatic rings. The van der Waals surface area contributed by atoms with Crippen molar-refractivity contribution in [1.29, 1.82) is 0 Å². The third-order valence-electron chi connectivity index (χ3n) is 3.84. The molecular formula is C15H17IN2O3S2. The average molecular weight is 464 g/mol. The summed E-state index contributed by atoms with van der Waals surface area (Å²) in [6.45, 7) is 1.94. The fraction of sp³-hybridized carbons (Fsp3) is 0.467. The van der Waals surface area contributed by atoms with Gasteiger partial charge in [-0.05, 0) is 47.2 Å². The topological polar surface area (TPSA) is 66.8 Å². The fourth-order valence-corrected chi connectivity index (χ4v) is 7.33. The van der Waals surface area contributed by atoms with E-state index in [2.05, 4.69) is 27.6 Å². The average Bonchev–Trinajstić information content (AvgIpc) is 2.89. The van der Waals surface area contributed by atoms with Gasteiger partial charge >= 0.3 is 0 Å². The van der Waals surface area contributed by atoms with Crippen molar-refractivity contribution in [2.45, 2.75) is 31.1 Å². The highest BCUT2D eigenvalue weighted by atomic mass is 127. The van der Waals surface area contributed by atoms with Gasteiger partial charge in [0, 0.05) is 20.9 Å². The lowest BCUT2D eigenvalue weighted by Gasteiger charge is -2.24. The smallest absolute Gasteiger partial charge is 0.248 e. The molecule has 0 aliphatic carbocycles. The van der Waals surface area contributed by atoms with Crippen LogP contribution in [-0.2, 0) is 14.6 Å². The van der Waals surface area contributed by atoms with Gasteiger partial charge in [0.05, 0.1) is 17.5 Å². The summed E-state index contributed by atoms with van der Waals surface area (Å²) in [5, 5.41) is 0.585. The van der Waals surface area contributed by atoms with Crippen LogP contribution in [0.4, 0.5) is 5.69 Å². The third kappa shape index (κ3) is 3.74. The van der Waals surface area contributed by atoms with Crippen molar-refractivity contribution in [3.63, 3.8) is 0 Å². The van der Waals surface area contributed by atoms with Gasteiger partial charge in [-0.2, -0.15) is 4.99 Å². The number of amides is 1. The minimum atomic E-state index is -3.02. The third-order valence-corrected chi connectivity index (χ3v) is 7.72. The number of hydrogen-bond donors (Lipinski definition) is 0. The zero-order valence-electron chi connectivity index (χ0n) is 12.6. The SMILES string of the molecule is CCCC(=O)N=C1S[C@@H]2CS(=O)(=O)C[C@H]2N1c1cccc(I)c1. The predicted octanol–water partition coefficient (Wildman–Crippen LogP) is 2.69. The number of hydrogen-bond acceptors (Lipinski definition) is 4. The van der Waals surface area contributed by atoms with Crippen LogP contribution in [0, 0.1) is 3.57 Å². The van der Waals surface area contributed by atoms with Crippen LogP contribution in [0.15, 0.2) is 29.3 Å². The number of thioether (sulfide) groups is 1. The minimum absolute atomic E-state index is 0.0500. The molecule has 2 aliphatic rings. The summed E-state index contributed by atoms with van der Waals surface area (Å²) in [7, 11) is -3.02. The summed E-state index contributed by atoms with van der Waals surface area (Å²) in [5.41, 5.74) is 0.900. The Bertz CT molecular complexity index is 764. The number of aliphatic imine (C=N–C) groups is 1. The molecule has 0 bridgehead atoms. The largest absolute Gasteiger partial charge is 0.316 e. The Morgan fingerprint density at radius 2 is 2.22 bits per heavy atom. The van der Waals surface area contributed by atoms with Crippen molar-refractivity contribution >= 4 is 61.0 Å². The molecular weight excluding hydrogens is 447 g/mol. The summed E-state index contributed by atoms with van der Waals surface area (Å²) in [6, 6.07) is 7.71. The van der Waals surface area contributed by atoms with E-state index >= 15 is 0 Å². The van der Waals surface area contributed by atoms with E-state index in [1.165, 1.54) is 11.8 Å². The molecule has 8 heteroatoms. The second-order valence-electron chi connectivity index (χ2n) is 5.69. The van der Waals surface area contributed by atoms with Crippen LogP contribution in [0.2, 0.25) is 0 Å². The van der Waals surface area contributed by atoms with Crippen LogP contribution in [0.25, 0.3) is 0 Å². The Kier molecular flexibility index (Phi) is 5.03. The molecule has 0 spiro atoms. The quantitative estimate of drug-likeness (QED) is 0.644. The van der Waals surface area contributed by atoms with Crippen molar-refractivity contribution in [3.8, 4) is 0 Å². The highest BCUT2D eigenvalue weighted by Gasteiger charge is 2.49. The lowest BCUT2D eigenvalue weighted by Crippen LogP contribution is -2.37. The first kappa shape index (κ1) is 17.2. The van der Waals surface area contributed by atoms with Gasteiger partial charge < -0.3 is 4.90 Å². The molecule has 0 radical (unpaired) electrons. The number of benzene rings is 1. The maximum Gasteiger partial charge on any atom is 0.248 e. The lowest BCUT2D eigenvalue weighted by atomic mass is 10.2. The van der Waals surface area contributed by atoms with Gasteiger partial charge in [0.25, 0.3) is 0 Å². The van der Waals surface area contributed by atoms with E-state index in [4.69, 9.17) is 0 Å². The van der Waals surface area contributed by atoms with E-state index in [1.54, 1.807) is 0 Å². The highest BCUT2D eigenvalue weighted by Crippen LogP contribution is 2.41. The van der Waals surface area contributed by atoms with Gasteiger partial charge in [0.15, 0.2) is 15.0 Å². The van der Waals surface area contributed by atoms with Crippen molar-refractivity contribution in [2.75, 3.05) is 16.4 Å². The predicted molar refractivity (Wildman–Crippen MR) is 103 cm³/mol. The number of anilines is 1. The van der Waals surface area contributed by atoms with Crippen LogP contribution in [-0.4, -0.2) is 42.3 Å². The van der Waals surface area contributed by atoms with Crippen LogP contribution in [0.5, 0.6) is 0 Å². The second kappa shape index (κ2) is 6.72. The van der Waals surface area contributed by atoms with Gasteiger partial charge in [0.1, 0.15) is 0 Å². The number of amidine groups is 1. The Hall–Kier alpha value is -0.610. The molecule has 5 nitrogen and oxygen atoms in total. The van der Waals surface area contributed by atoms with Crippen molar-refractivity contribution in [2.24, 2.45) is 4.99 Å². The molecule has 0 saturated carbocycles. The molecule has 3 rings (SSSR count). The van der Waals surface area contributed by atoms with Gasteiger partial charge in [-0.3, -0.25) is 4.79 Å². The van der Waals surface area contributed by atoms with Crippen molar-refractivity contribution < 1.29 is 13.2 Å². The molecule has 2 heterocycles. The first-order valence-electron chi connectivity index (χ1n) is 7.43. The van der Waals surface area contributed by atoms with E-state index in [9.17, 15) is 13.2 Å². The molecule has 1 aromatic carbocycles. The van der Waals surface area contributed by atoms with E-state index in [0.717, 1.165) is 15.7 Å². The Morgan fingerprint density at radius 3 is 2.91 bits per heavy atom. The highest BCUT2D eigenvalue weighted by molar-refractivity contribution is 14.1. The zero-order valence-corrected chi connectivity index (χ0v) is 16.4. The van der Waals surface area contributed by atoms with Crippen LogP contribution < -0.4 is 4.90 Å². The van der Waals surface area contributed by atoms with Crippen molar-refractivity contribution in [1.82, 2.24) is 0 Å². The standard InChI is InChI=1S/C15H17IN2O3S2/c1-2-4-14(19)17-15-18(11-6-3-5-10(16)7-11)12-8-23(20,21)9-13(12)22-15/h3,5-7,12-13H,2,4,8-9H2,1H3/t12-,13-/m1/s1. The lowest BCUT2D eigenvalue weighted by molar-refractivity contribution is -0.117. The van der Waals surface area contributed by atoms with Crippen molar-refractivity contribution in [3.05, 3.63) is 27.8 Å². The number of nitrogens with zero attached hydrogens (tertiary/aromatic N) is 2. The Labute approximate surface area is 154 Å². The Morgan fingerprint density at radius 1 is 1.43 bits per heavy atom. The second-order valence-corrected chi connectivity index (χ2v) is 10.3. The molecule has 124 valence electrons. The molecule has 2 aliphatic heterocycles. The number of halogens is 1. The molecule has 23 heavy (non-hydrogen) atoms. The number of rotatable bonds is 3. The van der Waals surface area contributed by atoms with Gasteiger partial charge in [0.2, 0.25) is 5.91 Å². The summed E-state index contributed by atoms with van der Waals surface area (Å²) in [5.74, 6) is 0.134. The first-order valence-corrected chi connectivity index (χ1v) is 11.2. The summed E-state index contributed by atoms with van der Waals surface area (Å²) < 4.78 is 25.0. The number of carbonyl (C=O) groups is 1. The Balaban J connectivity index is 1.99. The molecule has 2 atom stereocenters. The summed E-state index contributed by atoms with van der Waals surface area (Å²) >= 11 is 3.65. The van der Waals surface area contributed by atoms with Crippen LogP contribution >= 0.6 is 34.4 Å². The van der Waals surface area contributed by atoms with Gasteiger partial charge in [-0.15, -0.1) is 0 Å². The molecule has 0 N–H and O–H groups in total. The number of carbonyl (C=O) groups excluding carboxylic acids is 1.